The maximum Gasteiger partial charge on any atom is 0.338 e. The minimum Gasteiger partial charge on any atom is -0.456 e. The molecule has 164 valence electrons. The predicted molar refractivity (Wildman–Crippen MR) is 126 cm³/mol. The fraction of sp³-hybridized carbons (Fsp3) is 0.375. The second kappa shape index (κ2) is 10.3. The first-order valence-corrected chi connectivity index (χ1v) is 14.9. The van der Waals surface area contributed by atoms with Gasteiger partial charge in [-0.15, -0.1) is 0 Å². The van der Waals surface area contributed by atoms with Crippen LogP contribution in [0.15, 0.2) is 65.6 Å². The molecule has 2 aromatic carbocycles. The van der Waals surface area contributed by atoms with E-state index in [0.29, 0.717) is 31.4 Å². The molecule has 1 aliphatic heterocycles. The van der Waals surface area contributed by atoms with Gasteiger partial charge in [-0.05, 0) is 30.7 Å². The van der Waals surface area contributed by atoms with Crippen molar-refractivity contribution in [2.75, 3.05) is 6.54 Å². The number of carbonyl (C=O) groups is 3. The second-order valence-electron chi connectivity index (χ2n) is 8.68. The van der Waals surface area contributed by atoms with E-state index in [1.54, 1.807) is 29.2 Å². The molecule has 5 nitrogen and oxygen atoms in total. The molecule has 0 N–H and O–H groups in total. The maximum absolute atomic E-state index is 12.8. The number of rotatable bonds is 8. The van der Waals surface area contributed by atoms with E-state index in [4.69, 9.17) is 4.74 Å². The van der Waals surface area contributed by atoms with Gasteiger partial charge in [0, 0.05) is 24.3 Å². The van der Waals surface area contributed by atoms with Crippen molar-refractivity contribution in [2.24, 2.45) is 0 Å². The summed E-state index contributed by atoms with van der Waals surface area (Å²) in [5.41, 5.74) is 0.489. The van der Waals surface area contributed by atoms with Crippen molar-refractivity contribution in [1.82, 2.24) is 4.90 Å². The highest BCUT2D eigenvalue weighted by molar-refractivity contribution is 8.00. The van der Waals surface area contributed by atoms with E-state index in [1.807, 2.05) is 56.0 Å². The van der Waals surface area contributed by atoms with E-state index in [-0.39, 0.29) is 16.7 Å². The highest BCUT2D eigenvalue weighted by atomic mass is 32.2. The summed E-state index contributed by atoms with van der Waals surface area (Å²) in [6, 6.07) is 18.7. The quantitative estimate of drug-likeness (QED) is 0.423. The second-order valence-corrected chi connectivity index (χ2v) is 14.9. The lowest BCUT2D eigenvalue weighted by molar-refractivity contribution is -0.138. The summed E-state index contributed by atoms with van der Waals surface area (Å²) in [7, 11) is -1.92. The fourth-order valence-electron chi connectivity index (χ4n) is 3.42. The van der Waals surface area contributed by atoms with Crippen LogP contribution in [0.25, 0.3) is 0 Å². The molecule has 1 heterocycles. The van der Waals surface area contributed by atoms with Crippen molar-refractivity contribution in [3.05, 3.63) is 66.2 Å². The first kappa shape index (κ1) is 23.3. The SMILES string of the molecule is C[Si](C)(C)C(=O)CCN1C(=O)CC[C@H](OC(=O)c2ccccc2)C1Sc1ccccc1. The third-order valence-corrected chi connectivity index (χ3v) is 8.54. The van der Waals surface area contributed by atoms with Gasteiger partial charge < -0.3 is 14.4 Å². The third-order valence-electron chi connectivity index (χ3n) is 5.27. The van der Waals surface area contributed by atoms with Crippen LogP contribution >= 0.6 is 11.8 Å². The van der Waals surface area contributed by atoms with Crippen LogP contribution in [0.1, 0.15) is 29.6 Å². The van der Waals surface area contributed by atoms with E-state index >= 15 is 0 Å². The zero-order chi connectivity index (χ0) is 22.4. The molecule has 0 bridgehead atoms. The summed E-state index contributed by atoms with van der Waals surface area (Å²) in [4.78, 5) is 40.8. The Morgan fingerprint density at radius 3 is 2.26 bits per heavy atom. The van der Waals surface area contributed by atoms with E-state index in [9.17, 15) is 14.4 Å². The molecule has 1 unspecified atom stereocenters. The van der Waals surface area contributed by atoms with Crippen LogP contribution in [0.4, 0.5) is 0 Å². The van der Waals surface area contributed by atoms with Crippen molar-refractivity contribution < 1.29 is 19.1 Å². The average molecular weight is 456 g/mol. The normalized spacial score (nSPS) is 19.2. The standard InChI is InChI=1S/C24H29NO4SSi/c1-31(2,3)22(27)16-17-25-21(26)15-14-20(23(25)30-19-12-8-5-9-13-19)29-24(28)18-10-6-4-7-11-18/h4-13,20,23H,14-17H2,1-3H3/t20-,23?/m0/s1. The Balaban J connectivity index is 1.81. The molecule has 2 aromatic rings. The third kappa shape index (κ3) is 6.30. The van der Waals surface area contributed by atoms with Gasteiger partial charge in [0.05, 0.1) is 5.56 Å². The summed E-state index contributed by atoms with van der Waals surface area (Å²) in [6.07, 6.45) is 0.671. The van der Waals surface area contributed by atoms with Crippen molar-refractivity contribution in [3.8, 4) is 0 Å². The molecule has 0 spiro atoms. The van der Waals surface area contributed by atoms with Gasteiger partial charge in [-0.25, -0.2) is 4.79 Å². The Morgan fingerprint density at radius 2 is 1.65 bits per heavy atom. The lowest BCUT2D eigenvalue weighted by Gasteiger charge is -2.40. The predicted octanol–water partition coefficient (Wildman–Crippen LogP) is 4.79. The number of likely N-dealkylation sites (tertiary alicyclic amines) is 1. The Morgan fingerprint density at radius 1 is 1.03 bits per heavy atom. The Kier molecular flexibility index (Phi) is 7.72. The molecule has 31 heavy (non-hydrogen) atoms. The lowest BCUT2D eigenvalue weighted by Crippen LogP contribution is -2.52. The molecule has 0 aliphatic carbocycles. The molecule has 1 aliphatic rings. The number of amides is 1. The Hall–Kier alpha value is -2.38. The zero-order valence-electron chi connectivity index (χ0n) is 18.2. The van der Waals surface area contributed by atoms with Crippen LogP contribution in [0.3, 0.4) is 0 Å². The van der Waals surface area contributed by atoms with Crippen LogP contribution in [-0.4, -0.2) is 48.3 Å². The van der Waals surface area contributed by atoms with Crippen molar-refractivity contribution >= 4 is 37.1 Å². The van der Waals surface area contributed by atoms with Crippen LogP contribution in [0.2, 0.25) is 19.6 Å². The molecular weight excluding hydrogens is 426 g/mol. The minimum atomic E-state index is -1.92. The van der Waals surface area contributed by atoms with Gasteiger partial charge in [0.25, 0.3) is 0 Å². The van der Waals surface area contributed by atoms with E-state index in [0.717, 1.165) is 4.90 Å². The highest BCUT2D eigenvalue weighted by Gasteiger charge is 2.39. The largest absolute Gasteiger partial charge is 0.456 e. The van der Waals surface area contributed by atoms with Crippen molar-refractivity contribution in [3.63, 3.8) is 0 Å². The van der Waals surface area contributed by atoms with E-state index in [2.05, 4.69) is 0 Å². The van der Waals surface area contributed by atoms with Crippen LogP contribution in [0, 0.1) is 0 Å². The number of carbonyl (C=O) groups excluding carboxylic acids is 3. The van der Waals surface area contributed by atoms with Crippen LogP contribution in [-0.2, 0) is 14.3 Å². The summed E-state index contributed by atoms with van der Waals surface area (Å²) in [5, 5.41) is -0.127. The molecule has 7 heteroatoms. The maximum atomic E-state index is 12.8. The lowest BCUT2D eigenvalue weighted by atomic mass is 10.1. The van der Waals surface area contributed by atoms with Gasteiger partial charge in [-0.1, -0.05) is 67.8 Å². The summed E-state index contributed by atoms with van der Waals surface area (Å²) in [5.74, 6) is -0.388. The molecule has 2 atom stereocenters. The number of esters is 1. The smallest absolute Gasteiger partial charge is 0.338 e. The van der Waals surface area contributed by atoms with Gasteiger partial charge in [0.1, 0.15) is 25.0 Å². The number of hydrogen-bond acceptors (Lipinski definition) is 5. The Bertz CT molecular complexity index is 914. The number of thioether (sulfide) groups is 1. The number of benzene rings is 2. The number of hydrogen-bond donors (Lipinski definition) is 0. The molecule has 1 amide bonds. The molecule has 3 rings (SSSR count). The zero-order valence-corrected chi connectivity index (χ0v) is 20.1. The first-order valence-electron chi connectivity index (χ1n) is 10.6. The first-order chi connectivity index (χ1) is 14.8. The number of ether oxygens (including phenoxy) is 1. The topological polar surface area (TPSA) is 63.7 Å². The number of piperidine rings is 1. The molecule has 0 radical (unpaired) electrons. The van der Waals surface area contributed by atoms with Crippen molar-refractivity contribution in [1.29, 1.82) is 0 Å². The highest BCUT2D eigenvalue weighted by Crippen LogP contribution is 2.35. The van der Waals surface area contributed by atoms with Crippen LogP contribution in [0.5, 0.6) is 0 Å². The van der Waals surface area contributed by atoms with E-state index < -0.39 is 20.1 Å². The molecule has 0 aromatic heterocycles. The fourth-order valence-corrected chi connectivity index (χ4v) is 5.57. The average Bonchev–Trinajstić information content (AvgIpc) is 2.75. The van der Waals surface area contributed by atoms with Crippen LogP contribution < -0.4 is 0 Å². The van der Waals surface area contributed by atoms with E-state index in [1.165, 1.54) is 11.8 Å². The molecule has 1 fully saturated rings. The Labute approximate surface area is 189 Å². The molecule has 0 saturated carbocycles. The van der Waals surface area contributed by atoms with Gasteiger partial charge in [-0.2, -0.15) is 0 Å². The molecular formula is C24H29NO4SSi. The number of nitrogens with zero attached hydrogens (tertiary/aromatic N) is 1. The van der Waals surface area contributed by atoms with Gasteiger partial charge in [0.2, 0.25) is 5.91 Å². The van der Waals surface area contributed by atoms with Gasteiger partial charge in [-0.3, -0.25) is 4.79 Å². The van der Waals surface area contributed by atoms with Gasteiger partial charge >= 0.3 is 5.97 Å². The summed E-state index contributed by atoms with van der Waals surface area (Å²) in [6.45, 7) is 6.42. The monoisotopic (exact) mass is 455 g/mol. The van der Waals surface area contributed by atoms with Gasteiger partial charge in [0.15, 0.2) is 0 Å². The van der Waals surface area contributed by atoms with Crippen molar-refractivity contribution in [2.45, 2.75) is 55.3 Å². The molecule has 1 saturated heterocycles. The minimum absolute atomic E-state index is 0.00353. The summed E-state index contributed by atoms with van der Waals surface area (Å²) >= 11 is 1.51. The summed E-state index contributed by atoms with van der Waals surface area (Å²) < 4.78 is 5.88.